The fourth-order valence-electron chi connectivity index (χ4n) is 2.86. The Labute approximate surface area is 108 Å². The van der Waals surface area contributed by atoms with Crippen LogP contribution in [0.15, 0.2) is 0 Å². The third-order valence-electron chi connectivity index (χ3n) is 3.91. The lowest BCUT2D eigenvalue weighted by Gasteiger charge is -2.35. The van der Waals surface area contributed by atoms with Crippen molar-refractivity contribution in [3.63, 3.8) is 0 Å². The predicted octanol–water partition coefficient (Wildman–Crippen LogP) is 1.10. The molecule has 1 spiro atoms. The molecule has 2 aliphatic heterocycles. The van der Waals surface area contributed by atoms with Gasteiger partial charge in [-0.15, -0.1) is 0 Å². The summed E-state index contributed by atoms with van der Waals surface area (Å²) in [5.74, 6) is -0.287. The van der Waals surface area contributed by atoms with E-state index in [0.29, 0.717) is 32.5 Å². The highest BCUT2D eigenvalue weighted by atomic mass is 16.7. The van der Waals surface area contributed by atoms with Gasteiger partial charge in [-0.2, -0.15) is 0 Å². The molecule has 0 N–H and O–H groups in total. The van der Waals surface area contributed by atoms with Gasteiger partial charge in [0.2, 0.25) is 0 Å². The molecule has 5 heteroatoms. The molecule has 1 unspecified atom stereocenters. The van der Waals surface area contributed by atoms with E-state index in [0.717, 1.165) is 38.9 Å². The van der Waals surface area contributed by atoms with Gasteiger partial charge in [-0.3, -0.25) is 0 Å². The molecule has 1 saturated carbocycles. The molecule has 1 aliphatic carbocycles. The largest absolute Gasteiger partial charge is 0.376 e. The second-order valence-corrected chi connectivity index (χ2v) is 5.21. The van der Waals surface area contributed by atoms with E-state index >= 15 is 0 Å². The molecule has 0 amide bonds. The molecule has 0 aromatic heterocycles. The summed E-state index contributed by atoms with van der Waals surface area (Å²) < 4.78 is 28.2. The Morgan fingerprint density at radius 2 is 1.78 bits per heavy atom. The van der Waals surface area contributed by atoms with Gasteiger partial charge in [0.15, 0.2) is 5.79 Å². The van der Waals surface area contributed by atoms with Gasteiger partial charge >= 0.3 is 0 Å². The Balaban J connectivity index is 1.37. The van der Waals surface area contributed by atoms with Gasteiger partial charge in [-0.25, -0.2) is 0 Å². The number of ether oxygens (including phenoxy) is 5. The Hall–Kier alpha value is -0.200. The first-order valence-electron chi connectivity index (χ1n) is 6.95. The third kappa shape index (κ3) is 3.03. The van der Waals surface area contributed by atoms with Crippen LogP contribution in [0.5, 0.6) is 0 Å². The summed E-state index contributed by atoms with van der Waals surface area (Å²) in [6.45, 7) is 4.15. The zero-order valence-corrected chi connectivity index (χ0v) is 10.8. The van der Waals surface area contributed by atoms with Crippen molar-refractivity contribution in [1.29, 1.82) is 0 Å². The SMILES string of the molecule is C1COC(COC2CCC3(CC2)OCCO3)CO1. The minimum Gasteiger partial charge on any atom is -0.376 e. The van der Waals surface area contributed by atoms with Crippen molar-refractivity contribution >= 4 is 0 Å². The minimum atomic E-state index is -0.287. The maximum Gasteiger partial charge on any atom is 0.168 e. The van der Waals surface area contributed by atoms with Crippen molar-refractivity contribution in [2.75, 3.05) is 39.6 Å². The summed E-state index contributed by atoms with van der Waals surface area (Å²) in [6, 6.07) is 0. The fraction of sp³-hybridized carbons (Fsp3) is 1.00. The highest BCUT2D eigenvalue weighted by Gasteiger charge is 2.40. The van der Waals surface area contributed by atoms with E-state index in [2.05, 4.69) is 0 Å². The minimum absolute atomic E-state index is 0.105. The molecule has 2 saturated heterocycles. The molecule has 3 aliphatic rings. The summed E-state index contributed by atoms with van der Waals surface area (Å²) >= 11 is 0. The summed E-state index contributed by atoms with van der Waals surface area (Å²) in [4.78, 5) is 0. The highest BCUT2D eigenvalue weighted by Crippen LogP contribution is 2.36. The van der Waals surface area contributed by atoms with Gasteiger partial charge in [0.25, 0.3) is 0 Å². The molecule has 0 aromatic carbocycles. The maximum absolute atomic E-state index is 5.91. The van der Waals surface area contributed by atoms with Gasteiger partial charge in [-0.05, 0) is 12.8 Å². The van der Waals surface area contributed by atoms with Gasteiger partial charge in [0.1, 0.15) is 6.10 Å². The molecule has 0 radical (unpaired) electrons. The van der Waals surface area contributed by atoms with Crippen LogP contribution >= 0.6 is 0 Å². The molecule has 2 heterocycles. The van der Waals surface area contributed by atoms with Crippen molar-refractivity contribution in [2.24, 2.45) is 0 Å². The van der Waals surface area contributed by atoms with Crippen molar-refractivity contribution in [1.82, 2.24) is 0 Å². The molecular formula is C13H22O5. The third-order valence-corrected chi connectivity index (χ3v) is 3.91. The smallest absolute Gasteiger partial charge is 0.168 e. The van der Waals surface area contributed by atoms with Crippen LogP contribution in [0.25, 0.3) is 0 Å². The average Bonchev–Trinajstić information content (AvgIpc) is 2.88. The fourth-order valence-corrected chi connectivity index (χ4v) is 2.86. The molecule has 3 rings (SSSR count). The molecule has 3 fully saturated rings. The van der Waals surface area contributed by atoms with E-state index in [1.54, 1.807) is 0 Å². The number of rotatable bonds is 3. The van der Waals surface area contributed by atoms with E-state index in [4.69, 9.17) is 23.7 Å². The van der Waals surface area contributed by atoms with Crippen molar-refractivity contribution < 1.29 is 23.7 Å². The van der Waals surface area contributed by atoms with Crippen LogP contribution in [-0.4, -0.2) is 57.6 Å². The van der Waals surface area contributed by atoms with Gasteiger partial charge in [0, 0.05) is 12.8 Å². The average molecular weight is 258 g/mol. The number of hydrogen-bond acceptors (Lipinski definition) is 5. The summed E-state index contributed by atoms with van der Waals surface area (Å²) in [7, 11) is 0. The second-order valence-electron chi connectivity index (χ2n) is 5.21. The first kappa shape index (κ1) is 12.8. The van der Waals surface area contributed by atoms with Gasteiger partial charge in [0.05, 0.1) is 45.7 Å². The molecule has 104 valence electrons. The Kier molecular flexibility index (Phi) is 4.16. The predicted molar refractivity (Wildman–Crippen MR) is 63.4 cm³/mol. The Morgan fingerprint density at radius 1 is 1.00 bits per heavy atom. The van der Waals surface area contributed by atoms with Crippen molar-refractivity contribution in [3.05, 3.63) is 0 Å². The summed E-state index contributed by atoms with van der Waals surface area (Å²) in [5.41, 5.74) is 0. The zero-order valence-electron chi connectivity index (χ0n) is 10.8. The first-order valence-corrected chi connectivity index (χ1v) is 6.95. The topological polar surface area (TPSA) is 46.2 Å². The lowest BCUT2D eigenvalue weighted by molar-refractivity contribution is -0.196. The van der Waals surface area contributed by atoms with Crippen LogP contribution < -0.4 is 0 Å². The Morgan fingerprint density at radius 3 is 2.44 bits per heavy atom. The zero-order chi connectivity index (χ0) is 12.3. The second kappa shape index (κ2) is 5.84. The van der Waals surface area contributed by atoms with Crippen LogP contribution in [0.4, 0.5) is 0 Å². The standard InChI is InChI=1S/C13H22O5/c1-3-13(17-7-8-18-13)4-2-11(1)16-10-12-9-14-5-6-15-12/h11-12H,1-10H2. The molecule has 1 atom stereocenters. The molecule has 18 heavy (non-hydrogen) atoms. The quantitative estimate of drug-likeness (QED) is 0.758. The summed E-state index contributed by atoms with van der Waals surface area (Å²) in [5, 5.41) is 0. The maximum atomic E-state index is 5.91. The van der Waals surface area contributed by atoms with Gasteiger partial charge < -0.3 is 23.7 Å². The lowest BCUT2D eigenvalue weighted by Crippen LogP contribution is -2.39. The van der Waals surface area contributed by atoms with Crippen LogP contribution in [0.3, 0.4) is 0 Å². The highest BCUT2D eigenvalue weighted by molar-refractivity contribution is 4.83. The molecule has 5 nitrogen and oxygen atoms in total. The first-order chi connectivity index (χ1) is 8.86. The molecule has 0 bridgehead atoms. The van der Waals surface area contributed by atoms with E-state index in [1.165, 1.54) is 0 Å². The molecular weight excluding hydrogens is 236 g/mol. The lowest BCUT2D eigenvalue weighted by atomic mass is 9.92. The normalized spacial score (nSPS) is 33.0. The molecule has 0 aromatic rings. The van der Waals surface area contributed by atoms with E-state index in [-0.39, 0.29) is 11.9 Å². The van der Waals surface area contributed by atoms with Crippen LogP contribution in [-0.2, 0) is 23.7 Å². The van der Waals surface area contributed by atoms with E-state index < -0.39 is 0 Å². The van der Waals surface area contributed by atoms with Crippen LogP contribution in [0.2, 0.25) is 0 Å². The van der Waals surface area contributed by atoms with Gasteiger partial charge in [-0.1, -0.05) is 0 Å². The van der Waals surface area contributed by atoms with Crippen LogP contribution in [0.1, 0.15) is 25.7 Å². The van der Waals surface area contributed by atoms with Crippen molar-refractivity contribution in [2.45, 2.75) is 43.7 Å². The van der Waals surface area contributed by atoms with Crippen LogP contribution in [0, 0.1) is 0 Å². The monoisotopic (exact) mass is 258 g/mol. The number of hydrogen-bond donors (Lipinski definition) is 0. The van der Waals surface area contributed by atoms with Crippen molar-refractivity contribution in [3.8, 4) is 0 Å². The summed E-state index contributed by atoms with van der Waals surface area (Å²) in [6.07, 6.45) is 4.32. The van der Waals surface area contributed by atoms with E-state index in [1.807, 2.05) is 0 Å². The Bertz CT molecular complexity index is 248. The van der Waals surface area contributed by atoms with E-state index in [9.17, 15) is 0 Å².